The van der Waals surface area contributed by atoms with E-state index in [9.17, 15) is 4.79 Å². The fraction of sp³-hybridized carbons (Fsp3) is 0.583. The van der Waals surface area contributed by atoms with Crippen molar-refractivity contribution in [2.45, 2.75) is 50.9 Å². The Balaban J connectivity index is 2.59. The molecule has 0 aliphatic rings. The van der Waals surface area contributed by atoms with Gasteiger partial charge in [-0.2, -0.15) is 0 Å². The third-order valence-electron chi connectivity index (χ3n) is 2.86. The van der Waals surface area contributed by atoms with Gasteiger partial charge in [0.2, 0.25) is 5.91 Å². The summed E-state index contributed by atoms with van der Waals surface area (Å²) in [4.78, 5) is 19.9. The topological polar surface area (TPSA) is 80.9 Å². The van der Waals surface area contributed by atoms with Crippen LogP contribution in [0.4, 0.5) is 0 Å². The molecule has 0 fully saturated rings. The number of hydrogen-bond acceptors (Lipinski definition) is 5. The van der Waals surface area contributed by atoms with Gasteiger partial charge in [0.25, 0.3) is 0 Å². The Morgan fingerprint density at radius 3 is 2.39 bits per heavy atom. The molecule has 1 atom stereocenters. The van der Waals surface area contributed by atoms with Crippen molar-refractivity contribution >= 4 is 17.7 Å². The summed E-state index contributed by atoms with van der Waals surface area (Å²) in [5.41, 5.74) is 5.29. The molecule has 0 spiro atoms. The van der Waals surface area contributed by atoms with Gasteiger partial charge in [-0.1, -0.05) is 18.7 Å². The average Bonchev–Trinajstić information content (AvgIpc) is 2.32. The molecule has 0 aliphatic carbocycles. The number of hydrogen-bond donors (Lipinski definition) is 2. The van der Waals surface area contributed by atoms with Crippen LogP contribution in [-0.4, -0.2) is 21.1 Å². The molecule has 1 rings (SSSR count). The summed E-state index contributed by atoms with van der Waals surface area (Å²) in [6.07, 6.45) is 1.18. The van der Waals surface area contributed by atoms with Gasteiger partial charge in [-0.05, 0) is 32.8 Å². The zero-order chi connectivity index (χ0) is 13.7. The van der Waals surface area contributed by atoms with Gasteiger partial charge in [0.05, 0.1) is 0 Å². The molecular formula is C12H20N4OS. The van der Waals surface area contributed by atoms with E-state index in [2.05, 4.69) is 22.3 Å². The second-order valence-corrected chi connectivity index (χ2v) is 5.74. The van der Waals surface area contributed by atoms with Crippen LogP contribution in [0.3, 0.4) is 0 Å². The molecule has 1 aromatic heterocycles. The molecule has 5 nitrogen and oxygen atoms in total. The van der Waals surface area contributed by atoms with Crippen molar-refractivity contribution in [3.8, 4) is 0 Å². The van der Waals surface area contributed by atoms with Crippen molar-refractivity contribution in [2.75, 3.05) is 0 Å². The van der Waals surface area contributed by atoms with E-state index in [4.69, 9.17) is 5.84 Å². The summed E-state index contributed by atoms with van der Waals surface area (Å²) in [7, 11) is 0. The molecule has 100 valence electrons. The maximum absolute atomic E-state index is 11.0. The highest BCUT2D eigenvalue weighted by Crippen LogP contribution is 2.24. The minimum absolute atomic E-state index is 0.139. The van der Waals surface area contributed by atoms with E-state index in [-0.39, 0.29) is 11.2 Å². The first kappa shape index (κ1) is 14.9. The first-order chi connectivity index (χ1) is 8.43. The van der Waals surface area contributed by atoms with Crippen molar-refractivity contribution in [3.05, 3.63) is 17.0 Å². The summed E-state index contributed by atoms with van der Waals surface area (Å²) >= 11 is 1.59. The van der Waals surface area contributed by atoms with E-state index in [1.807, 2.05) is 20.8 Å². The highest BCUT2D eigenvalue weighted by Gasteiger charge is 2.11. The normalized spacial score (nSPS) is 12.3. The number of carbonyl (C=O) groups is 1. The average molecular weight is 268 g/mol. The number of aryl methyl sites for hydroxylation is 2. The second kappa shape index (κ2) is 6.70. The predicted molar refractivity (Wildman–Crippen MR) is 73.1 cm³/mol. The minimum atomic E-state index is -0.139. The van der Waals surface area contributed by atoms with Gasteiger partial charge in [-0.3, -0.25) is 10.2 Å². The molecule has 1 unspecified atom stereocenters. The lowest BCUT2D eigenvalue weighted by molar-refractivity contribution is -0.121. The van der Waals surface area contributed by atoms with E-state index < -0.39 is 0 Å². The molecule has 0 saturated carbocycles. The highest BCUT2D eigenvalue weighted by molar-refractivity contribution is 7.99. The number of carbonyl (C=O) groups excluding carboxylic acids is 1. The van der Waals surface area contributed by atoms with Crippen LogP contribution in [-0.2, 0) is 4.79 Å². The van der Waals surface area contributed by atoms with Gasteiger partial charge in [0, 0.05) is 23.1 Å². The van der Waals surface area contributed by atoms with Crippen LogP contribution in [0.15, 0.2) is 5.16 Å². The van der Waals surface area contributed by atoms with Gasteiger partial charge < -0.3 is 0 Å². The largest absolute Gasteiger partial charge is 0.294 e. The minimum Gasteiger partial charge on any atom is -0.294 e. The SMILES string of the molecule is Cc1nc(SC(C)CCC(=O)NN)nc(C)c1C. The Kier molecular flexibility index (Phi) is 5.55. The lowest BCUT2D eigenvalue weighted by Gasteiger charge is -2.11. The lowest BCUT2D eigenvalue weighted by atomic mass is 10.2. The molecule has 1 aromatic rings. The summed E-state index contributed by atoms with van der Waals surface area (Å²) in [5.74, 6) is 4.90. The Hall–Kier alpha value is -1.14. The van der Waals surface area contributed by atoms with Gasteiger partial charge in [-0.15, -0.1) is 0 Å². The van der Waals surface area contributed by atoms with Crippen LogP contribution in [0, 0.1) is 20.8 Å². The fourth-order valence-corrected chi connectivity index (χ4v) is 2.41. The van der Waals surface area contributed by atoms with Crippen LogP contribution in [0.25, 0.3) is 0 Å². The number of thioether (sulfide) groups is 1. The predicted octanol–water partition coefficient (Wildman–Crippen LogP) is 1.65. The Bertz CT molecular complexity index is 413. The number of nitrogens with one attached hydrogen (secondary N) is 1. The maximum atomic E-state index is 11.0. The zero-order valence-corrected chi connectivity index (χ0v) is 12.1. The van der Waals surface area contributed by atoms with Gasteiger partial charge in [-0.25, -0.2) is 15.8 Å². The van der Waals surface area contributed by atoms with Gasteiger partial charge in [0.1, 0.15) is 0 Å². The van der Waals surface area contributed by atoms with Crippen LogP contribution < -0.4 is 11.3 Å². The molecule has 0 aromatic carbocycles. The standard InChI is InChI=1S/C12H20N4OS/c1-7(5-6-11(17)16-13)18-12-14-9(3)8(2)10(4)15-12/h7H,5-6,13H2,1-4H3,(H,16,17). The second-order valence-electron chi connectivity index (χ2n) is 4.34. The van der Waals surface area contributed by atoms with Crippen LogP contribution in [0.2, 0.25) is 0 Å². The number of hydrazine groups is 1. The number of rotatable bonds is 5. The van der Waals surface area contributed by atoms with Crippen molar-refractivity contribution in [1.82, 2.24) is 15.4 Å². The van der Waals surface area contributed by atoms with Gasteiger partial charge in [0.15, 0.2) is 5.16 Å². The van der Waals surface area contributed by atoms with E-state index >= 15 is 0 Å². The van der Waals surface area contributed by atoms with Crippen LogP contribution in [0.5, 0.6) is 0 Å². The molecule has 0 bridgehead atoms. The molecule has 0 aliphatic heterocycles. The maximum Gasteiger partial charge on any atom is 0.233 e. The third kappa shape index (κ3) is 4.27. The van der Waals surface area contributed by atoms with E-state index in [0.29, 0.717) is 6.42 Å². The Morgan fingerprint density at radius 2 is 1.89 bits per heavy atom. The lowest BCUT2D eigenvalue weighted by Crippen LogP contribution is -2.30. The third-order valence-corrected chi connectivity index (χ3v) is 3.89. The zero-order valence-electron chi connectivity index (χ0n) is 11.3. The molecule has 3 N–H and O–H groups in total. The highest BCUT2D eigenvalue weighted by atomic mass is 32.2. The van der Waals surface area contributed by atoms with Crippen molar-refractivity contribution in [2.24, 2.45) is 5.84 Å². The molecular weight excluding hydrogens is 248 g/mol. The number of nitrogens with two attached hydrogens (primary N) is 1. The Morgan fingerprint density at radius 1 is 1.33 bits per heavy atom. The van der Waals surface area contributed by atoms with E-state index in [1.165, 1.54) is 0 Å². The van der Waals surface area contributed by atoms with Crippen molar-refractivity contribution < 1.29 is 4.79 Å². The number of amides is 1. The molecule has 0 radical (unpaired) electrons. The number of aromatic nitrogens is 2. The van der Waals surface area contributed by atoms with Crippen LogP contribution in [0.1, 0.15) is 36.7 Å². The van der Waals surface area contributed by atoms with E-state index in [1.54, 1.807) is 11.8 Å². The molecule has 1 heterocycles. The van der Waals surface area contributed by atoms with E-state index in [0.717, 1.165) is 28.5 Å². The molecule has 0 saturated heterocycles. The molecule has 1 amide bonds. The fourth-order valence-electron chi connectivity index (χ4n) is 1.44. The summed E-state index contributed by atoms with van der Waals surface area (Å²) in [6.45, 7) is 8.05. The molecule has 6 heteroatoms. The summed E-state index contributed by atoms with van der Waals surface area (Å²) in [5, 5.41) is 1.06. The first-order valence-electron chi connectivity index (χ1n) is 5.92. The summed E-state index contributed by atoms with van der Waals surface area (Å²) < 4.78 is 0. The first-order valence-corrected chi connectivity index (χ1v) is 6.80. The molecule has 18 heavy (non-hydrogen) atoms. The summed E-state index contributed by atoms with van der Waals surface area (Å²) in [6, 6.07) is 0. The smallest absolute Gasteiger partial charge is 0.233 e. The number of nitrogens with zero attached hydrogens (tertiary/aromatic N) is 2. The van der Waals surface area contributed by atoms with Crippen molar-refractivity contribution in [3.63, 3.8) is 0 Å². The Labute approximate surface area is 112 Å². The van der Waals surface area contributed by atoms with Crippen LogP contribution >= 0.6 is 11.8 Å². The monoisotopic (exact) mass is 268 g/mol. The van der Waals surface area contributed by atoms with Crippen molar-refractivity contribution in [1.29, 1.82) is 0 Å². The quantitative estimate of drug-likeness (QED) is 0.279. The van der Waals surface area contributed by atoms with Gasteiger partial charge >= 0.3 is 0 Å².